The van der Waals surface area contributed by atoms with E-state index in [0.717, 1.165) is 21.0 Å². The second-order valence-electron chi connectivity index (χ2n) is 5.96. The second kappa shape index (κ2) is 7.02. The third-order valence-electron chi connectivity index (χ3n) is 4.21. The summed E-state index contributed by atoms with van der Waals surface area (Å²) in [6.07, 6.45) is 0. The summed E-state index contributed by atoms with van der Waals surface area (Å²) in [5.41, 5.74) is 1.39. The van der Waals surface area contributed by atoms with Crippen LogP contribution >= 0.6 is 23.6 Å². The Labute approximate surface area is 163 Å². The Morgan fingerprint density at radius 3 is 2.63 bits per heavy atom. The highest BCUT2D eigenvalue weighted by molar-refractivity contribution is 7.80. The Bertz CT molecular complexity index is 1260. The Kier molecular flexibility index (Phi) is 4.55. The molecule has 27 heavy (non-hydrogen) atoms. The van der Waals surface area contributed by atoms with Crippen molar-refractivity contribution < 1.29 is 9.18 Å². The maximum Gasteiger partial charge on any atom is 0.257 e. The van der Waals surface area contributed by atoms with Gasteiger partial charge in [-0.1, -0.05) is 41.7 Å². The van der Waals surface area contributed by atoms with Crippen LogP contribution in [-0.4, -0.2) is 15.6 Å². The van der Waals surface area contributed by atoms with Gasteiger partial charge in [0.15, 0.2) is 4.80 Å². The largest absolute Gasteiger partial charge is 0.319 e. The van der Waals surface area contributed by atoms with E-state index in [-0.39, 0.29) is 5.11 Å². The van der Waals surface area contributed by atoms with Gasteiger partial charge in [0.25, 0.3) is 5.91 Å². The predicted octanol–water partition coefficient (Wildman–Crippen LogP) is 4.15. The first kappa shape index (κ1) is 17.5. The molecule has 0 atom stereocenters. The number of aromatic nitrogens is 1. The monoisotopic (exact) mass is 395 g/mol. The lowest BCUT2D eigenvalue weighted by Gasteiger charge is -2.03. The van der Waals surface area contributed by atoms with Crippen molar-refractivity contribution in [3.05, 3.63) is 76.8 Å². The SMILES string of the molecule is Cn1c(=NC(=S)NC(=O)c2ccc(F)cc2)sc2ccc3ccccc3c21. The fourth-order valence-corrected chi connectivity index (χ4v) is 4.19. The van der Waals surface area contributed by atoms with Crippen molar-refractivity contribution in [2.75, 3.05) is 0 Å². The summed E-state index contributed by atoms with van der Waals surface area (Å²) < 4.78 is 16.0. The molecule has 0 aliphatic rings. The summed E-state index contributed by atoms with van der Waals surface area (Å²) in [5.74, 6) is -0.818. The lowest BCUT2D eigenvalue weighted by atomic mass is 10.1. The molecule has 0 spiro atoms. The van der Waals surface area contributed by atoms with Crippen LogP contribution in [0.25, 0.3) is 21.0 Å². The van der Waals surface area contributed by atoms with Crippen LogP contribution in [0.2, 0.25) is 0 Å². The smallest absolute Gasteiger partial charge is 0.257 e. The van der Waals surface area contributed by atoms with E-state index in [4.69, 9.17) is 12.2 Å². The van der Waals surface area contributed by atoms with Crippen molar-refractivity contribution in [3.63, 3.8) is 0 Å². The quantitative estimate of drug-likeness (QED) is 0.492. The average Bonchev–Trinajstić information content (AvgIpc) is 2.98. The zero-order valence-electron chi connectivity index (χ0n) is 14.3. The number of hydrogen-bond acceptors (Lipinski definition) is 3. The van der Waals surface area contributed by atoms with Crippen LogP contribution in [0, 0.1) is 5.82 Å². The first-order valence-corrected chi connectivity index (χ1v) is 9.38. The number of hydrogen-bond donors (Lipinski definition) is 1. The van der Waals surface area contributed by atoms with Crippen LogP contribution in [-0.2, 0) is 7.05 Å². The maximum atomic E-state index is 13.0. The average molecular weight is 395 g/mol. The number of halogens is 1. The molecule has 4 aromatic rings. The third-order valence-corrected chi connectivity index (χ3v) is 5.50. The third kappa shape index (κ3) is 3.39. The van der Waals surface area contributed by atoms with Crippen LogP contribution in [0.1, 0.15) is 10.4 Å². The molecule has 0 fully saturated rings. The van der Waals surface area contributed by atoms with E-state index in [1.165, 1.54) is 35.6 Å². The molecule has 0 saturated heterocycles. The van der Waals surface area contributed by atoms with Gasteiger partial charge >= 0.3 is 0 Å². The molecule has 7 heteroatoms. The van der Waals surface area contributed by atoms with Gasteiger partial charge in [-0.15, -0.1) is 0 Å². The van der Waals surface area contributed by atoms with Crippen molar-refractivity contribution in [2.45, 2.75) is 0 Å². The molecule has 0 bridgehead atoms. The molecule has 3 aromatic carbocycles. The first-order chi connectivity index (χ1) is 13.0. The molecule has 0 unspecified atom stereocenters. The first-order valence-electron chi connectivity index (χ1n) is 8.16. The van der Waals surface area contributed by atoms with Gasteiger partial charge in [-0.25, -0.2) is 4.39 Å². The highest BCUT2D eigenvalue weighted by atomic mass is 32.1. The zero-order valence-corrected chi connectivity index (χ0v) is 15.9. The fraction of sp³-hybridized carbons (Fsp3) is 0.0500. The summed E-state index contributed by atoms with van der Waals surface area (Å²) >= 11 is 6.72. The molecule has 1 aromatic heterocycles. The zero-order chi connectivity index (χ0) is 19.0. The number of thiocarbonyl (C=S) groups is 1. The van der Waals surface area contributed by atoms with Gasteiger partial charge in [-0.05, 0) is 47.9 Å². The van der Waals surface area contributed by atoms with Crippen LogP contribution in [0.5, 0.6) is 0 Å². The molecule has 0 radical (unpaired) electrons. The highest BCUT2D eigenvalue weighted by Crippen LogP contribution is 2.26. The Hall–Kier alpha value is -2.90. The molecule has 1 heterocycles. The summed E-state index contributed by atoms with van der Waals surface area (Å²) in [6.45, 7) is 0. The van der Waals surface area contributed by atoms with Crippen molar-refractivity contribution in [3.8, 4) is 0 Å². The minimum Gasteiger partial charge on any atom is -0.319 e. The molecule has 0 aliphatic heterocycles. The van der Waals surface area contributed by atoms with E-state index < -0.39 is 11.7 Å². The Morgan fingerprint density at radius 2 is 1.85 bits per heavy atom. The van der Waals surface area contributed by atoms with Gasteiger partial charge in [-0.2, -0.15) is 4.99 Å². The van der Waals surface area contributed by atoms with E-state index in [2.05, 4.69) is 34.6 Å². The lowest BCUT2D eigenvalue weighted by molar-refractivity contribution is 0.0977. The number of aryl methyl sites for hydroxylation is 1. The summed E-state index contributed by atoms with van der Waals surface area (Å²) in [6, 6.07) is 17.5. The molecule has 4 rings (SSSR count). The minimum absolute atomic E-state index is 0.0655. The number of carbonyl (C=O) groups excluding carboxylic acids is 1. The number of benzene rings is 3. The molecule has 134 valence electrons. The van der Waals surface area contributed by atoms with E-state index >= 15 is 0 Å². The van der Waals surface area contributed by atoms with Crippen molar-refractivity contribution >= 4 is 55.6 Å². The molecular weight excluding hydrogens is 381 g/mol. The normalized spacial score (nSPS) is 11.9. The predicted molar refractivity (Wildman–Crippen MR) is 110 cm³/mol. The molecular formula is C20H14FN3OS2. The number of amides is 1. The van der Waals surface area contributed by atoms with Gasteiger partial charge in [0.1, 0.15) is 5.82 Å². The van der Waals surface area contributed by atoms with Gasteiger partial charge in [0.05, 0.1) is 10.2 Å². The minimum atomic E-state index is -0.419. The maximum absolute atomic E-state index is 13.0. The number of rotatable bonds is 1. The van der Waals surface area contributed by atoms with Gasteiger partial charge in [0, 0.05) is 18.0 Å². The molecule has 0 aliphatic carbocycles. The van der Waals surface area contributed by atoms with E-state index in [0.29, 0.717) is 10.4 Å². The molecule has 4 nitrogen and oxygen atoms in total. The topological polar surface area (TPSA) is 46.4 Å². The Morgan fingerprint density at radius 1 is 1.11 bits per heavy atom. The van der Waals surface area contributed by atoms with Crippen molar-refractivity contribution in [1.82, 2.24) is 9.88 Å². The second-order valence-corrected chi connectivity index (χ2v) is 7.35. The van der Waals surface area contributed by atoms with Gasteiger partial charge in [-0.3, -0.25) is 10.1 Å². The van der Waals surface area contributed by atoms with Crippen LogP contribution in [0.3, 0.4) is 0 Å². The Balaban J connectivity index is 1.69. The van der Waals surface area contributed by atoms with Crippen molar-refractivity contribution in [1.29, 1.82) is 0 Å². The van der Waals surface area contributed by atoms with Gasteiger partial charge < -0.3 is 4.57 Å². The number of carbonyl (C=O) groups is 1. The van der Waals surface area contributed by atoms with E-state index in [1.807, 2.05) is 23.7 Å². The van der Waals surface area contributed by atoms with Gasteiger partial charge in [0.2, 0.25) is 5.11 Å². The molecule has 1 N–H and O–H groups in total. The summed E-state index contributed by atoms with van der Waals surface area (Å²) in [4.78, 5) is 17.3. The molecule has 0 saturated carbocycles. The molecule has 1 amide bonds. The summed E-state index contributed by atoms with van der Waals surface area (Å²) in [5, 5.41) is 4.92. The fourth-order valence-electron chi connectivity index (χ4n) is 2.91. The number of nitrogens with one attached hydrogen (secondary N) is 1. The standard InChI is InChI=1S/C20H14FN3OS2/c1-24-17-15-5-3-2-4-12(15)8-11-16(17)27-20(24)23-19(26)22-18(25)13-6-9-14(21)10-7-13/h2-11H,1H3,(H,22,25,26). The lowest BCUT2D eigenvalue weighted by Crippen LogP contribution is -2.29. The summed E-state index contributed by atoms with van der Waals surface area (Å²) in [7, 11) is 1.93. The van der Waals surface area contributed by atoms with Crippen LogP contribution in [0.15, 0.2) is 65.7 Å². The number of nitrogens with zero attached hydrogens (tertiary/aromatic N) is 2. The van der Waals surface area contributed by atoms with Crippen molar-refractivity contribution in [2.24, 2.45) is 12.0 Å². The van der Waals surface area contributed by atoms with E-state index in [9.17, 15) is 9.18 Å². The van der Waals surface area contributed by atoms with Crippen LogP contribution in [0.4, 0.5) is 4.39 Å². The number of fused-ring (bicyclic) bond motifs is 3. The number of thiazole rings is 1. The highest BCUT2D eigenvalue weighted by Gasteiger charge is 2.10. The van der Waals surface area contributed by atoms with E-state index in [1.54, 1.807) is 0 Å². The van der Waals surface area contributed by atoms with Crippen LogP contribution < -0.4 is 10.1 Å².